The lowest BCUT2D eigenvalue weighted by molar-refractivity contribution is -0.128. The number of nitrogens with one attached hydrogen (secondary N) is 1. The van der Waals surface area contributed by atoms with Crippen molar-refractivity contribution in [3.63, 3.8) is 0 Å². The summed E-state index contributed by atoms with van der Waals surface area (Å²) >= 11 is 1.23. The van der Waals surface area contributed by atoms with E-state index in [4.69, 9.17) is 0 Å². The molecule has 1 aliphatic rings. The number of para-hydroxylation sites is 2. The van der Waals surface area contributed by atoms with Crippen LogP contribution in [0.3, 0.4) is 0 Å². The van der Waals surface area contributed by atoms with Crippen LogP contribution in [0.25, 0.3) is 6.08 Å². The SMILES string of the molecule is O=C(NN1C(=O)/C(=C\c2ccccc2)SC1c1ccccc1O)c1ccccc1O. The van der Waals surface area contributed by atoms with Crippen LogP contribution in [0.1, 0.15) is 26.9 Å². The van der Waals surface area contributed by atoms with E-state index in [-0.39, 0.29) is 17.1 Å². The second-order valence-corrected chi connectivity index (χ2v) is 7.70. The van der Waals surface area contributed by atoms with Crippen LogP contribution in [0.2, 0.25) is 0 Å². The number of hydrogen-bond donors (Lipinski definition) is 3. The predicted octanol–water partition coefficient (Wildman–Crippen LogP) is 4.06. The average Bonchev–Trinajstić information content (AvgIpc) is 3.04. The van der Waals surface area contributed by atoms with E-state index >= 15 is 0 Å². The number of hydrazine groups is 1. The van der Waals surface area contributed by atoms with E-state index in [1.54, 1.807) is 36.4 Å². The molecular formula is C23H18N2O4S. The molecule has 30 heavy (non-hydrogen) atoms. The van der Waals surface area contributed by atoms with Crippen LogP contribution in [0.5, 0.6) is 11.5 Å². The van der Waals surface area contributed by atoms with Gasteiger partial charge in [0, 0.05) is 5.56 Å². The summed E-state index contributed by atoms with van der Waals surface area (Å²) in [6.07, 6.45) is 1.74. The number of nitrogens with zero attached hydrogens (tertiary/aromatic N) is 1. The number of hydrogen-bond acceptors (Lipinski definition) is 5. The van der Waals surface area contributed by atoms with E-state index in [2.05, 4.69) is 5.43 Å². The summed E-state index contributed by atoms with van der Waals surface area (Å²) in [6, 6.07) is 22.1. The highest BCUT2D eigenvalue weighted by Gasteiger charge is 2.40. The Bertz CT molecular complexity index is 1130. The molecule has 2 amide bonds. The van der Waals surface area contributed by atoms with Crippen molar-refractivity contribution in [1.82, 2.24) is 10.4 Å². The van der Waals surface area contributed by atoms with Crippen LogP contribution in [-0.2, 0) is 4.79 Å². The predicted molar refractivity (Wildman–Crippen MR) is 115 cm³/mol. The molecule has 6 nitrogen and oxygen atoms in total. The van der Waals surface area contributed by atoms with Crippen LogP contribution >= 0.6 is 11.8 Å². The molecule has 0 bridgehead atoms. The first kappa shape index (κ1) is 19.6. The second kappa shape index (κ2) is 8.34. The quantitative estimate of drug-likeness (QED) is 0.556. The molecule has 0 aliphatic carbocycles. The van der Waals surface area contributed by atoms with E-state index in [0.29, 0.717) is 10.5 Å². The maximum atomic E-state index is 13.1. The largest absolute Gasteiger partial charge is 0.508 e. The Morgan fingerprint density at radius 2 is 1.53 bits per heavy atom. The number of amides is 2. The van der Waals surface area contributed by atoms with Crippen molar-refractivity contribution in [3.8, 4) is 11.5 Å². The Balaban J connectivity index is 1.70. The van der Waals surface area contributed by atoms with E-state index in [1.807, 2.05) is 30.3 Å². The summed E-state index contributed by atoms with van der Waals surface area (Å²) in [7, 11) is 0. The van der Waals surface area contributed by atoms with E-state index in [1.165, 1.54) is 35.0 Å². The van der Waals surface area contributed by atoms with Crippen molar-refractivity contribution >= 4 is 29.7 Å². The van der Waals surface area contributed by atoms with Crippen molar-refractivity contribution in [2.75, 3.05) is 0 Å². The molecule has 0 aromatic heterocycles. The van der Waals surface area contributed by atoms with Gasteiger partial charge in [0.2, 0.25) is 0 Å². The lowest BCUT2D eigenvalue weighted by Crippen LogP contribution is -2.44. The summed E-state index contributed by atoms with van der Waals surface area (Å²) in [5.74, 6) is -1.19. The zero-order chi connectivity index (χ0) is 21.1. The summed E-state index contributed by atoms with van der Waals surface area (Å²) in [6.45, 7) is 0. The average molecular weight is 418 g/mol. The number of carbonyl (C=O) groups is 2. The fourth-order valence-electron chi connectivity index (χ4n) is 3.09. The van der Waals surface area contributed by atoms with Gasteiger partial charge in [0.25, 0.3) is 11.8 Å². The lowest BCUT2D eigenvalue weighted by Gasteiger charge is -2.24. The molecule has 4 rings (SSSR count). The van der Waals surface area contributed by atoms with Gasteiger partial charge in [-0.05, 0) is 29.8 Å². The molecule has 3 N–H and O–H groups in total. The smallest absolute Gasteiger partial charge is 0.280 e. The second-order valence-electron chi connectivity index (χ2n) is 6.58. The molecule has 0 saturated carbocycles. The maximum absolute atomic E-state index is 13.1. The van der Waals surface area contributed by atoms with Crippen molar-refractivity contribution in [2.24, 2.45) is 0 Å². The molecule has 1 saturated heterocycles. The lowest BCUT2D eigenvalue weighted by atomic mass is 10.2. The van der Waals surface area contributed by atoms with Crippen LogP contribution in [0.15, 0.2) is 83.8 Å². The van der Waals surface area contributed by atoms with Gasteiger partial charge in [-0.2, -0.15) is 0 Å². The number of aromatic hydroxyl groups is 2. The number of carbonyl (C=O) groups excluding carboxylic acids is 2. The Morgan fingerprint density at radius 1 is 0.900 bits per heavy atom. The first-order valence-electron chi connectivity index (χ1n) is 9.18. The Morgan fingerprint density at radius 3 is 2.23 bits per heavy atom. The number of phenolic OH excluding ortho intramolecular Hbond substituents is 2. The minimum atomic E-state index is -0.663. The summed E-state index contributed by atoms with van der Waals surface area (Å²) in [5.41, 5.74) is 3.97. The number of rotatable bonds is 4. The fourth-order valence-corrected chi connectivity index (χ4v) is 4.31. The van der Waals surface area contributed by atoms with Gasteiger partial charge in [-0.1, -0.05) is 72.4 Å². The monoisotopic (exact) mass is 418 g/mol. The topological polar surface area (TPSA) is 89.9 Å². The fraction of sp³-hybridized carbons (Fsp3) is 0.0435. The third-order valence-electron chi connectivity index (χ3n) is 4.57. The highest BCUT2D eigenvalue weighted by atomic mass is 32.2. The summed E-state index contributed by atoms with van der Waals surface area (Å²) in [4.78, 5) is 26.3. The molecule has 1 unspecified atom stereocenters. The van der Waals surface area contributed by atoms with Gasteiger partial charge in [-0.15, -0.1) is 0 Å². The first-order chi connectivity index (χ1) is 14.5. The third kappa shape index (κ3) is 3.88. The number of benzene rings is 3. The van der Waals surface area contributed by atoms with Crippen LogP contribution in [0, 0.1) is 0 Å². The first-order valence-corrected chi connectivity index (χ1v) is 10.1. The van der Waals surface area contributed by atoms with Crippen molar-refractivity contribution in [2.45, 2.75) is 5.37 Å². The van der Waals surface area contributed by atoms with Crippen LogP contribution < -0.4 is 5.43 Å². The number of thioether (sulfide) groups is 1. The van der Waals surface area contributed by atoms with Gasteiger partial charge in [-0.25, -0.2) is 5.01 Å². The van der Waals surface area contributed by atoms with Gasteiger partial charge >= 0.3 is 0 Å². The maximum Gasteiger partial charge on any atom is 0.280 e. The van der Waals surface area contributed by atoms with Crippen LogP contribution in [0.4, 0.5) is 0 Å². The highest BCUT2D eigenvalue weighted by molar-refractivity contribution is 8.04. The van der Waals surface area contributed by atoms with E-state index in [0.717, 1.165) is 5.56 Å². The number of phenols is 2. The van der Waals surface area contributed by atoms with Gasteiger partial charge in [-0.3, -0.25) is 15.0 Å². The minimum Gasteiger partial charge on any atom is -0.508 e. The molecule has 7 heteroatoms. The molecule has 1 atom stereocenters. The molecular weight excluding hydrogens is 400 g/mol. The standard InChI is InChI=1S/C23H18N2O4S/c26-18-12-6-4-10-16(18)21(28)24-25-22(29)20(14-15-8-2-1-3-9-15)30-23(25)17-11-5-7-13-19(17)27/h1-14,23,26-27H,(H,24,28)/b20-14+. The summed E-state index contributed by atoms with van der Waals surface area (Å²) in [5, 5.41) is 20.8. The zero-order valence-electron chi connectivity index (χ0n) is 15.7. The molecule has 1 heterocycles. The molecule has 0 radical (unpaired) electrons. The molecule has 150 valence electrons. The highest BCUT2D eigenvalue weighted by Crippen LogP contribution is 2.47. The van der Waals surface area contributed by atoms with Gasteiger partial charge in [0.1, 0.15) is 16.9 Å². The molecule has 3 aromatic rings. The van der Waals surface area contributed by atoms with Crippen LogP contribution in [-0.4, -0.2) is 27.0 Å². The van der Waals surface area contributed by atoms with E-state index < -0.39 is 17.2 Å². The van der Waals surface area contributed by atoms with E-state index in [9.17, 15) is 19.8 Å². The van der Waals surface area contributed by atoms with Crippen molar-refractivity contribution in [1.29, 1.82) is 0 Å². The normalized spacial score (nSPS) is 17.3. The zero-order valence-corrected chi connectivity index (χ0v) is 16.5. The third-order valence-corrected chi connectivity index (χ3v) is 5.81. The molecule has 0 spiro atoms. The molecule has 1 fully saturated rings. The molecule has 1 aliphatic heterocycles. The van der Waals surface area contributed by atoms with Gasteiger partial charge in [0.15, 0.2) is 0 Å². The van der Waals surface area contributed by atoms with Crippen molar-refractivity contribution < 1.29 is 19.8 Å². The van der Waals surface area contributed by atoms with Crippen molar-refractivity contribution in [3.05, 3.63) is 100 Å². The minimum absolute atomic E-state index is 0.0190. The Kier molecular flexibility index (Phi) is 5.45. The van der Waals surface area contributed by atoms with Gasteiger partial charge < -0.3 is 10.2 Å². The Labute approximate surface area is 177 Å². The van der Waals surface area contributed by atoms with Gasteiger partial charge in [0.05, 0.1) is 10.5 Å². The summed E-state index contributed by atoms with van der Waals surface area (Å²) < 4.78 is 0. The Hall–Kier alpha value is -3.71. The molecule has 3 aromatic carbocycles.